The van der Waals surface area contributed by atoms with Crippen LogP contribution in [-0.2, 0) is 15.0 Å². The summed E-state index contributed by atoms with van der Waals surface area (Å²) in [7, 11) is 1.51. The van der Waals surface area contributed by atoms with Crippen LogP contribution in [0.25, 0.3) is 0 Å². The molecule has 0 radical (unpaired) electrons. The largest absolute Gasteiger partial charge is 0.497 e. The number of nitrogens with one attached hydrogen (secondary N) is 2. The standard InChI is InChI=1S/C20H22N2O5/c1-20(2,19(25)26)14-7-9-15(10-8-14)22-17(23)12-21-18(24)13-5-4-6-16(11-13)27-3/h4-11H,12H2,1-3H3,(H,21,24)(H,22,23)(H,25,26). The van der Waals surface area contributed by atoms with E-state index in [1.165, 1.54) is 7.11 Å². The van der Waals surface area contributed by atoms with E-state index in [9.17, 15) is 19.5 Å². The number of aliphatic carboxylic acids is 1. The lowest BCUT2D eigenvalue weighted by Gasteiger charge is -2.19. The fraction of sp³-hybridized carbons (Fsp3) is 0.250. The molecular formula is C20H22N2O5. The van der Waals surface area contributed by atoms with Gasteiger partial charge in [0, 0.05) is 11.3 Å². The number of carboxylic acids is 1. The highest BCUT2D eigenvalue weighted by Crippen LogP contribution is 2.24. The molecule has 0 saturated carbocycles. The topological polar surface area (TPSA) is 105 Å². The zero-order chi connectivity index (χ0) is 20.0. The first-order valence-electron chi connectivity index (χ1n) is 8.30. The number of anilines is 1. The summed E-state index contributed by atoms with van der Waals surface area (Å²) >= 11 is 0. The molecule has 0 atom stereocenters. The van der Waals surface area contributed by atoms with E-state index in [-0.39, 0.29) is 12.5 Å². The molecule has 0 fully saturated rings. The van der Waals surface area contributed by atoms with E-state index < -0.39 is 17.3 Å². The molecule has 0 bridgehead atoms. The Bertz CT molecular complexity index is 844. The van der Waals surface area contributed by atoms with Crippen LogP contribution in [0.5, 0.6) is 5.75 Å². The fourth-order valence-corrected chi connectivity index (χ4v) is 2.33. The third-order valence-corrected chi connectivity index (χ3v) is 4.17. The Morgan fingerprint density at radius 1 is 1.07 bits per heavy atom. The van der Waals surface area contributed by atoms with Crippen LogP contribution in [0.15, 0.2) is 48.5 Å². The van der Waals surface area contributed by atoms with E-state index in [4.69, 9.17) is 4.74 Å². The first-order valence-corrected chi connectivity index (χ1v) is 8.30. The molecule has 0 unspecified atom stereocenters. The molecule has 2 rings (SSSR count). The lowest BCUT2D eigenvalue weighted by molar-refractivity contribution is -0.142. The zero-order valence-corrected chi connectivity index (χ0v) is 15.4. The van der Waals surface area contributed by atoms with Gasteiger partial charge in [-0.2, -0.15) is 0 Å². The van der Waals surface area contributed by atoms with Crippen LogP contribution in [0, 0.1) is 0 Å². The highest BCUT2D eigenvalue weighted by Gasteiger charge is 2.29. The predicted molar refractivity (Wildman–Crippen MR) is 101 cm³/mol. The van der Waals surface area contributed by atoms with Gasteiger partial charge in [-0.15, -0.1) is 0 Å². The van der Waals surface area contributed by atoms with Crippen molar-refractivity contribution in [2.24, 2.45) is 0 Å². The maximum Gasteiger partial charge on any atom is 0.313 e. The van der Waals surface area contributed by atoms with Crippen molar-refractivity contribution in [1.29, 1.82) is 0 Å². The second-order valence-corrected chi connectivity index (χ2v) is 6.47. The highest BCUT2D eigenvalue weighted by molar-refractivity contribution is 5.99. The molecule has 2 aromatic carbocycles. The van der Waals surface area contributed by atoms with Crippen molar-refractivity contribution in [2.45, 2.75) is 19.3 Å². The van der Waals surface area contributed by atoms with Gasteiger partial charge in [-0.25, -0.2) is 0 Å². The van der Waals surface area contributed by atoms with E-state index in [1.54, 1.807) is 62.4 Å². The third-order valence-electron chi connectivity index (χ3n) is 4.17. The van der Waals surface area contributed by atoms with Crippen LogP contribution >= 0.6 is 0 Å². The average Bonchev–Trinajstić information content (AvgIpc) is 2.66. The number of hydrogen-bond acceptors (Lipinski definition) is 4. The normalized spacial score (nSPS) is 10.8. The summed E-state index contributed by atoms with van der Waals surface area (Å²) < 4.78 is 5.06. The Morgan fingerprint density at radius 2 is 1.74 bits per heavy atom. The van der Waals surface area contributed by atoms with Crippen molar-refractivity contribution >= 4 is 23.5 Å². The van der Waals surface area contributed by atoms with Crippen LogP contribution < -0.4 is 15.4 Å². The smallest absolute Gasteiger partial charge is 0.313 e. The van der Waals surface area contributed by atoms with Gasteiger partial charge >= 0.3 is 5.97 Å². The van der Waals surface area contributed by atoms with Crippen molar-refractivity contribution in [3.8, 4) is 5.75 Å². The van der Waals surface area contributed by atoms with Crippen molar-refractivity contribution in [2.75, 3.05) is 19.0 Å². The number of carbonyl (C=O) groups excluding carboxylic acids is 2. The van der Waals surface area contributed by atoms with Gasteiger partial charge in [-0.1, -0.05) is 18.2 Å². The summed E-state index contributed by atoms with van der Waals surface area (Å²) in [5.74, 6) is -1.16. The molecule has 7 heteroatoms. The van der Waals surface area contributed by atoms with Gasteiger partial charge in [-0.3, -0.25) is 14.4 Å². The second kappa shape index (κ2) is 8.35. The number of amides is 2. The van der Waals surface area contributed by atoms with Crippen molar-refractivity contribution in [3.05, 3.63) is 59.7 Å². The van der Waals surface area contributed by atoms with E-state index in [0.29, 0.717) is 22.6 Å². The van der Waals surface area contributed by atoms with Crippen LogP contribution in [0.2, 0.25) is 0 Å². The number of ether oxygens (including phenoxy) is 1. The Hall–Kier alpha value is -3.35. The van der Waals surface area contributed by atoms with E-state index in [0.717, 1.165) is 0 Å². The summed E-state index contributed by atoms with van der Waals surface area (Å²) in [6.45, 7) is 3.02. The monoisotopic (exact) mass is 370 g/mol. The van der Waals surface area contributed by atoms with Crippen molar-refractivity contribution in [1.82, 2.24) is 5.32 Å². The molecule has 0 heterocycles. The van der Waals surface area contributed by atoms with E-state index in [2.05, 4.69) is 10.6 Å². The summed E-state index contributed by atoms with van der Waals surface area (Å²) in [5, 5.41) is 14.4. The summed E-state index contributed by atoms with van der Waals surface area (Å²) in [6.07, 6.45) is 0. The minimum Gasteiger partial charge on any atom is -0.497 e. The number of methoxy groups -OCH3 is 1. The third kappa shape index (κ3) is 5.07. The second-order valence-electron chi connectivity index (χ2n) is 6.47. The molecule has 27 heavy (non-hydrogen) atoms. The molecule has 0 aliphatic carbocycles. The molecule has 0 spiro atoms. The van der Waals surface area contributed by atoms with Gasteiger partial charge in [0.25, 0.3) is 5.91 Å². The molecule has 0 aliphatic rings. The van der Waals surface area contributed by atoms with Gasteiger partial charge in [0.2, 0.25) is 5.91 Å². The van der Waals surface area contributed by atoms with Crippen LogP contribution in [0.3, 0.4) is 0 Å². The molecule has 0 aromatic heterocycles. The van der Waals surface area contributed by atoms with Crippen LogP contribution in [-0.4, -0.2) is 36.5 Å². The zero-order valence-electron chi connectivity index (χ0n) is 15.4. The van der Waals surface area contributed by atoms with Gasteiger partial charge < -0.3 is 20.5 Å². The summed E-state index contributed by atoms with van der Waals surface area (Å²) in [5.41, 5.74) is 0.509. The minimum absolute atomic E-state index is 0.196. The fourth-order valence-electron chi connectivity index (χ4n) is 2.33. The Morgan fingerprint density at radius 3 is 2.33 bits per heavy atom. The minimum atomic E-state index is -1.02. The maximum absolute atomic E-state index is 12.1. The molecule has 7 nitrogen and oxygen atoms in total. The first-order chi connectivity index (χ1) is 12.7. The van der Waals surface area contributed by atoms with Gasteiger partial charge in [-0.05, 0) is 49.7 Å². The number of benzene rings is 2. The van der Waals surface area contributed by atoms with Crippen LogP contribution in [0.1, 0.15) is 29.8 Å². The number of rotatable bonds is 7. The lowest BCUT2D eigenvalue weighted by Crippen LogP contribution is -2.33. The molecular weight excluding hydrogens is 348 g/mol. The predicted octanol–water partition coefficient (Wildman–Crippen LogP) is 2.43. The van der Waals surface area contributed by atoms with Crippen molar-refractivity contribution in [3.63, 3.8) is 0 Å². The Kier molecular flexibility index (Phi) is 6.18. The highest BCUT2D eigenvalue weighted by atomic mass is 16.5. The Labute approximate surface area is 157 Å². The number of carboxylic acid groups (broad SMARTS) is 1. The van der Waals surface area contributed by atoms with Gasteiger partial charge in [0.15, 0.2) is 0 Å². The van der Waals surface area contributed by atoms with Gasteiger partial charge in [0.1, 0.15) is 5.75 Å². The van der Waals surface area contributed by atoms with E-state index >= 15 is 0 Å². The molecule has 2 amide bonds. The molecule has 0 saturated heterocycles. The van der Waals surface area contributed by atoms with Crippen LogP contribution in [0.4, 0.5) is 5.69 Å². The maximum atomic E-state index is 12.1. The molecule has 2 aromatic rings. The number of carbonyl (C=O) groups is 3. The first kappa shape index (κ1) is 20.0. The Balaban J connectivity index is 1.92. The molecule has 142 valence electrons. The summed E-state index contributed by atoms with van der Waals surface area (Å²) in [4.78, 5) is 35.4. The summed E-state index contributed by atoms with van der Waals surface area (Å²) in [6, 6.07) is 13.2. The van der Waals surface area contributed by atoms with E-state index in [1.807, 2.05) is 0 Å². The molecule has 3 N–H and O–H groups in total. The van der Waals surface area contributed by atoms with Gasteiger partial charge in [0.05, 0.1) is 19.1 Å². The lowest BCUT2D eigenvalue weighted by atomic mass is 9.85. The average molecular weight is 370 g/mol. The quantitative estimate of drug-likeness (QED) is 0.694. The number of hydrogen-bond donors (Lipinski definition) is 3. The van der Waals surface area contributed by atoms with Crippen molar-refractivity contribution < 1.29 is 24.2 Å². The molecule has 0 aliphatic heterocycles. The SMILES string of the molecule is COc1cccc(C(=O)NCC(=O)Nc2ccc(C(C)(C)C(=O)O)cc2)c1.